The molecule has 0 saturated heterocycles. The van der Waals surface area contributed by atoms with E-state index in [4.69, 9.17) is 8.83 Å². The van der Waals surface area contributed by atoms with Gasteiger partial charge in [-0.1, -0.05) is 146 Å². The fourth-order valence-corrected chi connectivity index (χ4v) is 12.1. The number of hydrogen-bond donors (Lipinski definition) is 0. The molecule has 0 bridgehead atoms. The lowest BCUT2D eigenvalue weighted by atomic mass is 9.92. The van der Waals surface area contributed by atoms with Crippen LogP contribution in [0.4, 0.5) is 17.1 Å². The van der Waals surface area contributed by atoms with Crippen LogP contribution in [0.3, 0.4) is 0 Å². The molecule has 0 atom stereocenters. The lowest BCUT2D eigenvalue weighted by molar-refractivity contribution is 0.668. The average molecular weight is 984 g/mol. The van der Waals surface area contributed by atoms with Crippen molar-refractivity contribution in [2.75, 3.05) is 4.90 Å². The van der Waals surface area contributed by atoms with Crippen molar-refractivity contribution >= 4 is 105 Å². The van der Waals surface area contributed by atoms with Gasteiger partial charge in [-0.25, -0.2) is 0 Å². The van der Waals surface area contributed by atoms with Crippen LogP contribution < -0.4 is 4.90 Å². The van der Waals surface area contributed by atoms with Crippen LogP contribution in [-0.4, -0.2) is 9.13 Å². The van der Waals surface area contributed by atoms with Crippen LogP contribution in [0.15, 0.2) is 282 Å². The van der Waals surface area contributed by atoms with Crippen LogP contribution in [0.1, 0.15) is 0 Å². The summed E-state index contributed by atoms with van der Waals surface area (Å²) in [5.74, 6) is 0. The molecule has 0 aliphatic heterocycles. The zero-order valence-corrected chi connectivity index (χ0v) is 41.6. The van der Waals surface area contributed by atoms with Gasteiger partial charge < -0.3 is 22.9 Å². The number of hydrogen-bond acceptors (Lipinski definition) is 3. The zero-order chi connectivity index (χ0) is 50.6. The maximum Gasteiger partial charge on any atom is 0.135 e. The van der Waals surface area contributed by atoms with Gasteiger partial charge in [0.2, 0.25) is 0 Å². The van der Waals surface area contributed by atoms with E-state index >= 15 is 0 Å². The Morgan fingerprint density at radius 2 is 0.584 bits per heavy atom. The molecule has 0 N–H and O–H groups in total. The fraction of sp³-hybridized carbons (Fsp3) is 0. The molecule has 0 aliphatic rings. The summed E-state index contributed by atoms with van der Waals surface area (Å²) in [6.07, 6.45) is 0. The van der Waals surface area contributed by atoms with Gasteiger partial charge in [-0.05, 0) is 161 Å². The highest BCUT2D eigenvalue weighted by atomic mass is 16.3. The van der Waals surface area contributed by atoms with Crippen LogP contribution >= 0.6 is 0 Å². The van der Waals surface area contributed by atoms with E-state index in [9.17, 15) is 0 Å². The van der Waals surface area contributed by atoms with E-state index < -0.39 is 0 Å². The SMILES string of the molecule is c1ccc(-n2c3ccccc3c3ccc(-c4cc(-c5ccc(N(c6ccc7oc8ccccc8c7c6)c6ccc7oc8ccccc8c7c6)cc5)cc(-c5ccc6c7ccccc7n(-c7ccccc7)c6c5)c4)cc32)cc1. The predicted molar refractivity (Wildman–Crippen MR) is 321 cm³/mol. The molecule has 0 spiro atoms. The number of benzene rings is 12. The lowest BCUT2D eigenvalue weighted by Gasteiger charge is -2.26. The molecule has 4 aromatic heterocycles. The van der Waals surface area contributed by atoms with Gasteiger partial charge in [-0.2, -0.15) is 0 Å². The monoisotopic (exact) mass is 983 g/mol. The maximum absolute atomic E-state index is 6.33. The van der Waals surface area contributed by atoms with Gasteiger partial charge in [0.05, 0.1) is 22.1 Å². The third-order valence-corrected chi connectivity index (χ3v) is 15.7. The summed E-state index contributed by atoms with van der Waals surface area (Å²) in [4.78, 5) is 2.34. The molecular weight excluding hydrogens is 939 g/mol. The highest BCUT2D eigenvalue weighted by Crippen LogP contribution is 2.44. The molecule has 16 aromatic rings. The fourth-order valence-electron chi connectivity index (χ4n) is 12.1. The first-order chi connectivity index (χ1) is 38.1. The first-order valence-electron chi connectivity index (χ1n) is 26.2. The minimum Gasteiger partial charge on any atom is -0.456 e. The normalized spacial score (nSPS) is 11.9. The van der Waals surface area contributed by atoms with Gasteiger partial charge in [0, 0.05) is 71.5 Å². The van der Waals surface area contributed by atoms with Crippen molar-refractivity contribution in [3.8, 4) is 44.8 Å². The van der Waals surface area contributed by atoms with Gasteiger partial charge >= 0.3 is 0 Å². The van der Waals surface area contributed by atoms with Gasteiger partial charge in [0.25, 0.3) is 0 Å². The summed E-state index contributed by atoms with van der Waals surface area (Å²) in [6, 6.07) is 98.6. The molecule has 16 rings (SSSR count). The Morgan fingerprint density at radius 3 is 1.06 bits per heavy atom. The quantitative estimate of drug-likeness (QED) is 0.152. The second kappa shape index (κ2) is 17.1. The number of rotatable bonds is 8. The standard InChI is InChI=1S/C72H45N3O2/c1-3-15-52(16-4-1)74-65-23-11-7-19-57(65)59-35-29-47(42-67(59)74)50-39-49(40-51(41-50)48-30-36-60-58-20-8-12-24-66(58)75(68(60)43-48)53-17-5-2-6-18-53)46-27-31-54(32-28-46)73(55-33-37-71-63(44-55)61-21-9-13-25-69(61)76-71)56-34-38-72-64(45-56)62-22-10-14-26-70(62)77-72/h1-45H. The summed E-state index contributed by atoms with van der Waals surface area (Å²) < 4.78 is 17.5. The van der Waals surface area contributed by atoms with Gasteiger partial charge in [0.15, 0.2) is 0 Å². The zero-order valence-electron chi connectivity index (χ0n) is 41.6. The first-order valence-corrected chi connectivity index (χ1v) is 26.2. The summed E-state index contributed by atoms with van der Waals surface area (Å²) in [6.45, 7) is 0. The van der Waals surface area contributed by atoms with E-state index in [-0.39, 0.29) is 0 Å². The summed E-state index contributed by atoms with van der Waals surface area (Å²) >= 11 is 0. The molecule has 5 heteroatoms. The van der Waals surface area contributed by atoms with Crippen LogP contribution in [0, 0.1) is 0 Å². The Morgan fingerprint density at radius 1 is 0.221 bits per heavy atom. The van der Waals surface area contributed by atoms with Gasteiger partial charge in [-0.15, -0.1) is 0 Å². The van der Waals surface area contributed by atoms with Gasteiger partial charge in [-0.3, -0.25) is 0 Å². The van der Waals surface area contributed by atoms with E-state index in [1.165, 1.54) is 43.6 Å². The highest BCUT2D eigenvalue weighted by Gasteiger charge is 2.20. The molecule has 0 unspecified atom stereocenters. The predicted octanol–water partition coefficient (Wildman–Crippen LogP) is 20.2. The molecule has 0 radical (unpaired) electrons. The molecule has 0 fully saturated rings. The number of fused-ring (bicyclic) bond motifs is 12. The number of nitrogens with zero attached hydrogens (tertiary/aromatic N) is 3. The smallest absolute Gasteiger partial charge is 0.135 e. The Bertz CT molecular complexity index is 4690. The molecule has 77 heavy (non-hydrogen) atoms. The Hall–Kier alpha value is -10.4. The molecule has 0 saturated carbocycles. The molecular formula is C72H45N3O2. The summed E-state index contributed by atoms with van der Waals surface area (Å²) in [5, 5.41) is 9.25. The Labute approximate surface area is 442 Å². The molecule has 12 aromatic carbocycles. The number of aromatic nitrogens is 2. The first kappa shape index (κ1) is 43.1. The number of para-hydroxylation sites is 6. The molecule has 4 heterocycles. The number of furan rings is 2. The van der Waals surface area contributed by atoms with Crippen molar-refractivity contribution < 1.29 is 8.83 Å². The average Bonchev–Trinajstić information content (AvgIpc) is 4.25. The minimum absolute atomic E-state index is 0.860. The Kier molecular flexibility index (Phi) is 9.57. The third-order valence-electron chi connectivity index (χ3n) is 15.7. The molecule has 0 aliphatic carbocycles. The van der Waals surface area contributed by atoms with Crippen LogP contribution in [0.25, 0.3) is 132 Å². The number of anilines is 3. The van der Waals surface area contributed by atoms with E-state index in [2.05, 4.69) is 263 Å². The van der Waals surface area contributed by atoms with Crippen LogP contribution in [0.2, 0.25) is 0 Å². The van der Waals surface area contributed by atoms with Crippen molar-refractivity contribution in [1.82, 2.24) is 9.13 Å². The van der Waals surface area contributed by atoms with Crippen LogP contribution in [-0.2, 0) is 0 Å². The second-order valence-electron chi connectivity index (χ2n) is 20.1. The summed E-state index contributed by atoms with van der Waals surface area (Å²) in [7, 11) is 0. The van der Waals surface area contributed by atoms with Crippen LogP contribution in [0.5, 0.6) is 0 Å². The van der Waals surface area contributed by atoms with Crippen molar-refractivity contribution in [3.63, 3.8) is 0 Å². The van der Waals surface area contributed by atoms with E-state index in [1.54, 1.807) is 0 Å². The second-order valence-corrected chi connectivity index (χ2v) is 20.1. The minimum atomic E-state index is 0.860. The van der Waals surface area contributed by atoms with Crippen molar-refractivity contribution in [2.45, 2.75) is 0 Å². The molecule has 360 valence electrons. The third kappa shape index (κ3) is 6.95. The topological polar surface area (TPSA) is 39.4 Å². The molecule has 0 amide bonds. The maximum atomic E-state index is 6.33. The highest BCUT2D eigenvalue weighted by molar-refractivity contribution is 6.13. The largest absolute Gasteiger partial charge is 0.456 e. The van der Waals surface area contributed by atoms with E-state index in [0.717, 1.165) is 106 Å². The molecule has 5 nitrogen and oxygen atoms in total. The van der Waals surface area contributed by atoms with E-state index in [0.29, 0.717) is 0 Å². The van der Waals surface area contributed by atoms with Crippen molar-refractivity contribution in [3.05, 3.63) is 273 Å². The summed E-state index contributed by atoms with van der Waals surface area (Å²) in [5.41, 5.74) is 20.4. The van der Waals surface area contributed by atoms with E-state index in [1.807, 2.05) is 24.3 Å². The lowest BCUT2D eigenvalue weighted by Crippen LogP contribution is -2.09. The van der Waals surface area contributed by atoms with Crippen molar-refractivity contribution in [2.24, 2.45) is 0 Å². The Balaban J connectivity index is 0.883. The van der Waals surface area contributed by atoms with Crippen molar-refractivity contribution in [1.29, 1.82) is 0 Å². The van der Waals surface area contributed by atoms with Gasteiger partial charge in [0.1, 0.15) is 22.3 Å².